The van der Waals surface area contributed by atoms with Crippen LogP contribution in [0, 0.1) is 5.92 Å². The van der Waals surface area contributed by atoms with Gasteiger partial charge in [0.2, 0.25) is 0 Å². The van der Waals surface area contributed by atoms with Crippen LogP contribution in [0.1, 0.15) is 18.4 Å². The van der Waals surface area contributed by atoms with Crippen molar-refractivity contribution < 1.29 is 12.8 Å². The summed E-state index contributed by atoms with van der Waals surface area (Å²) in [7, 11) is -1.79. The Morgan fingerprint density at radius 2 is 2.16 bits per heavy atom. The Hall–Kier alpha value is -0.890. The van der Waals surface area contributed by atoms with Crippen LogP contribution in [0.15, 0.2) is 23.0 Å². The lowest BCUT2D eigenvalue weighted by Crippen LogP contribution is -2.46. The number of hydrogen-bond acceptors (Lipinski definition) is 4. The maximum atomic E-state index is 12.4. The minimum absolute atomic E-state index is 0.329. The van der Waals surface area contributed by atoms with E-state index in [0.717, 1.165) is 18.4 Å². The van der Waals surface area contributed by atoms with Crippen molar-refractivity contribution in [3.05, 3.63) is 24.2 Å². The van der Waals surface area contributed by atoms with Gasteiger partial charge in [0, 0.05) is 32.2 Å². The Kier molecular flexibility index (Phi) is 4.62. The molecule has 0 unspecified atom stereocenters. The molecule has 2 N–H and O–H groups in total. The summed E-state index contributed by atoms with van der Waals surface area (Å²) in [6.07, 6.45) is 4.79. The fourth-order valence-electron chi connectivity index (χ4n) is 2.29. The molecule has 0 bridgehead atoms. The first kappa shape index (κ1) is 14.5. The lowest BCUT2D eigenvalue weighted by Gasteiger charge is -2.33. The van der Waals surface area contributed by atoms with Crippen molar-refractivity contribution in [1.29, 1.82) is 0 Å². The number of piperidine rings is 1. The summed E-state index contributed by atoms with van der Waals surface area (Å²) in [6, 6.07) is 1.77. The van der Waals surface area contributed by atoms with Gasteiger partial charge in [0.1, 0.15) is 0 Å². The van der Waals surface area contributed by atoms with E-state index >= 15 is 0 Å². The molecule has 1 aromatic rings. The van der Waals surface area contributed by atoms with Crippen molar-refractivity contribution >= 4 is 10.2 Å². The first-order valence-corrected chi connectivity index (χ1v) is 7.86. The molecule has 1 aromatic heterocycles. The van der Waals surface area contributed by atoms with Gasteiger partial charge in [0.05, 0.1) is 12.5 Å². The molecule has 19 heavy (non-hydrogen) atoms. The minimum Gasteiger partial charge on any atom is -0.472 e. The number of nitrogens with two attached hydrogens (primary N) is 1. The highest BCUT2D eigenvalue weighted by atomic mass is 32.2. The molecular weight excluding hydrogens is 266 g/mol. The van der Waals surface area contributed by atoms with Gasteiger partial charge in [0.15, 0.2) is 0 Å². The highest BCUT2D eigenvalue weighted by Crippen LogP contribution is 2.20. The Morgan fingerprint density at radius 1 is 1.47 bits per heavy atom. The molecule has 108 valence electrons. The first-order valence-electron chi connectivity index (χ1n) is 6.46. The third kappa shape index (κ3) is 3.36. The molecule has 6 nitrogen and oxygen atoms in total. The van der Waals surface area contributed by atoms with Crippen LogP contribution in [0.5, 0.6) is 0 Å². The van der Waals surface area contributed by atoms with Crippen LogP contribution in [0.25, 0.3) is 0 Å². The standard InChI is InChI=1S/C12H21N3O3S/c1-14(9-12-4-7-18-10-12)19(16,17)15-5-2-11(8-13)3-6-15/h4,7,10-11H,2-3,5-6,8-9,13H2,1H3. The molecule has 1 saturated heterocycles. The molecule has 1 fully saturated rings. The van der Waals surface area contributed by atoms with E-state index in [4.69, 9.17) is 10.2 Å². The number of rotatable bonds is 5. The Labute approximate surface area is 114 Å². The second-order valence-corrected chi connectivity index (χ2v) is 7.01. The quantitative estimate of drug-likeness (QED) is 0.861. The summed E-state index contributed by atoms with van der Waals surface area (Å²) in [5.74, 6) is 0.450. The van der Waals surface area contributed by atoms with Crippen molar-refractivity contribution in [2.24, 2.45) is 11.7 Å². The second-order valence-electron chi connectivity index (χ2n) is 4.97. The van der Waals surface area contributed by atoms with Crippen LogP contribution >= 0.6 is 0 Å². The molecule has 2 rings (SSSR count). The monoisotopic (exact) mass is 287 g/mol. The third-order valence-corrected chi connectivity index (χ3v) is 5.55. The first-order chi connectivity index (χ1) is 9.04. The maximum Gasteiger partial charge on any atom is 0.282 e. The molecule has 0 atom stereocenters. The average molecular weight is 287 g/mol. The molecule has 0 saturated carbocycles. The largest absolute Gasteiger partial charge is 0.472 e. The summed E-state index contributed by atoms with van der Waals surface area (Å²) in [4.78, 5) is 0. The van der Waals surface area contributed by atoms with Crippen LogP contribution in [-0.2, 0) is 16.8 Å². The fraction of sp³-hybridized carbons (Fsp3) is 0.667. The predicted octanol–water partition coefficient (Wildman–Crippen LogP) is 0.627. The van der Waals surface area contributed by atoms with Crippen molar-refractivity contribution in [3.63, 3.8) is 0 Å². The van der Waals surface area contributed by atoms with E-state index in [-0.39, 0.29) is 0 Å². The lowest BCUT2D eigenvalue weighted by molar-refractivity contribution is 0.262. The van der Waals surface area contributed by atoms with Crippen LogP contribution in [0.4, 0.5) is 0 Å². The molecule has 0 amide bonds. The molecule has 0 radical (unpaired) electrons. The van der Waals surface area contributed by atoms with Crippen molar-refractivity contribution in [1.82, 2.24) is 8.61 Å². The van der Waals surface area contributed by atoms with Crippen molar-refractivity contribution in [2.45, 2.75) is 19.4 Å². The van der Waals surface area contributed by atoms with E-state index in [2.05, 4.69) is 0 Å². The van der Waals surface area contributed by atoms with Crippen LogP contribution in [-0.4, -0.2) is 43.7 Å². The van der Waals surface area contributed by atoms with Gasteiger partial charge in [-0.2, -0.15) is 17.0 Å². The van der Waals surface area contributed by atoms with Gasteiger partial charge in [-0.25, -0.2) is 0 Å². The van der Waals surface area contributed by atoms with Gasteiger partial charge in [-0.3, -0.25) is 0 Å². The van der Waals surface area contributed by atoms with Gasteiger partial charge in [-0.1, -0.05) is 0 Å². The average Bonchev–Trinajstić information content (AvgIpc) is 2.91. The molecular formula is C12H21N3O3S. The maximum absolute atomic E-state index is 12.4. The van der Waals surface area contributed by atoms with E-state index in [0.29, 0.717) is 32.1 Å². The zero-order valence-corrected chi connectivity index (χ0v) is 12.0. The SMILES string of the molecule is CN(Cc1ccoc1)S(=O)(=O)N1CCC(CN)CC1. The zero-order chi connectivity index (χ0) is 13.9. The summed E-state index contributed by atoms with van der Waals surface area (Å²) < 4.78 is 32.6. The zero-order valence-electron chi connectivity index (χ0n) is 11.2. The molecule has 0 aliphatic carbocycles. The minimum atomic E-state index is -3.39. The topological polar surface area (TPSA) is 79.8 Å². The number of hydrogen-bond donors (Lipinski definition) is 1. The predicted molar refractivity (Wildman–Crippen MR) is 72.4 cm³/mol. The van der Waals surface area contributed by atoms with Crippen LogP contribution in [0.3, 0.4) is 0 Å². The highest BCUT2D eigenvalue weighted by molar-refractivity contribution is 7.86. The van der Waals surface area contributed by atoms with E-state index in [1.165, 1.54) is 4.31 Å². The molecule has 0 aromatic carbocycles. The molecule has 0 spiro atoms. The van der Waals surface area contributed by atoms with E-state index in [1.54, 1.807) is 29.9 Å². The number of nitrogens with zero attached hydrogens (tertiary/aromatic N) is 2. The second kappa shape index (κ2) is 6.04. The van der Waals surface area contributed by atoms with Gasteiger partial charge in [-0.05, 0) is 31.4 Å². The third-order valence-electron chi connectivity index (χ3n) is 3.61. The summed E-state index contributed by atoms with van der Waals surface area (Å²) in [5.41, 5.74) is 6.47. The van der Waals surface area contributed by atoms with Gasteiger partial charge < -0.3 is 10.2 Å². The van der Waals surface area contributed by atoms with Gasteiger partial charge in [-0.15, -0.1) is 0 Å². The number of furan rings is 1. The molecule has 7 heteroatoms. The van der Waals surface area contributed by atoms with Crippen LogP contribution in [0.2, 0.25) is 0 Å². The van der Waals surface area contributed by atoms with Crippen molar-refractivity contribution in [2.75, 3.05) is 26.7 Å². The summed E-state index contributed by atoms with van der Waals surface area (Å²) in [5, 5.41) is 0. The highest BCUT2D eigenvalue weighted by Gasteiger charge is 2.30. The van der Waals surface area contributed by atoms with Crippen molar-refractivity contribution in [3.8, 4) is 0 Å². The normalized spacial score (nSPS) is 19.1. The van der Waals surface area contributed by atoms with E-state index in [1.807, 2.05) is 0 Å². The smallest absolute Gasteiger partial charge is 0.282 e. The Balaban J connectivity index is 1.98. The summed E-state index contributed by atoms with van der Waals surface area (Å²) >= 11 is 0. The Morgan fingerprint density at radius 3 is 2.68 bits per heavy atom. The fourth-order valence-corrected chi connectivity index (χ4v) is 3.67. The van der Waals surface area contributed by atoms with E-state index in [9.17, 15) is 8.42 Å². The van der Waals surface area contributed by atoms with Gasteiger partial charge in [0.25, 0.3) is 10.2 Å². The Bertz CT molecular complexity index is 478. The van der Waals surface area contributed by atoms with Crippen LogP contribution < -0.4 is 5.73 Å². The molecule has 1 aliphatic heterocycles. The van der Waals surface area contributed by atoms with E-state index < -0.39 is 10.2 Å². The molecule has 1 aliphatic rings. The lowest BCUT2D eigenvalue weighted by atomic mass is 9.99. The van der Waals surface area contributed by atoms with Gasteiger partial charge >= 0.3 is 0 Å². The molecule has 2 heterocycles. The summed E-state index contributed by atoms with van der Waals surface area (Å²) in [6.45, 7) is 2.08.